The second kappa shape index (κ2) is 7.21. The molecule has 1 aliphatic heterocycles. The average molecular weight is 374 g/mol. The van der Waals surface area contributed by atoms with Gasteiger partial charge in [-0.15, -0.1) is 0 Å². The van der Waals surface area contributed by atoms with Crippen LogP contribution in [0.25, 0.3) is 11.1 Å². The number of rotatable bonds is 2. The summed E-state index contributed by atoms with van der Waals surface area (Å²) in [5.74, 6) is -0.350. The van der Waals surface area contributed by atoms with E-state index in [1.807, 2.05) is 38.6 Å². The van der Waals surface area contributed by atoms with Crippen molar-refractivity contribution in [2.45, 2.75) is 52.2 Å². The Balaban J connectivity index is 1.67. The van der Waals surface area contributed by atoms with Crippen LogP contribution >= 0.6 is 0 Å². The maximum atomic E-state index is 14.3. The smallest absolute Gasteiger partial charge is 0.410 e. The third-order valence-electron chi connectivity index (χ3n) is 4.76. The molecule has 1 amide bonds. The Hall–Kier alpha value is -2.57. The fourth-order valence-electron chi connectivity index (χ4n) is 3.23. The Kier molecular flexibility index (Phi) is 5.13. The summed E-state index contributed by atoms with van der Waals surface area (Å²) in [6.45, 7) is 8.67. The lowest BCUT2D eigenvalue weighted by Crippen LogP contribution is -2.42. The topological polar surface area (TPSA) is 73.4 Å². The van der Waals surface area contributed by atoms with Crippen molar-refractivity contribution in [1.29, 1.82) is 0 Å². The highest BCUT2D eigenvalue weighted by Crippen LogP contribution is 2.29. The Morgan fingerprint density at radius 2 is 1.96 bits per heavy atom. The zero-order chi connectivity index (χ0) is 19.8. The molecular formula is C20H27FN4O2. The van der Waals surface area contributed by atoms with Gasteiger partial charge in [-0.2, -0.15) is 5.10 Å². The van der Waals surface area contributed by atoms with E-state index in [-0.39, 0.29) is 18.0 Å². The maximum Gasteiger partial charge on any atom is 0.410 e. The molecule has 2 N–H and O–H groups in total. The van der Waals surface area contributed by atoms with Crippen molar-refractivity contribution in [3.8, 4) is 11.1 Å². The molecular weight excluding hydrogens is 347 g/mol. The molecule has 7 heteroatoms. The highest BCUT2D eigenvalue weighted by atomic mass is 19.1. The van der Waals surface area contributed by atoms with Gasteiger partial charge in [0.1, 0.15) is 11.4 Å². The van der Waals surface area contributed by atoms with Crippen LogP contribution < -0.4 is 5.73 Å². The SMILES string of the molecule is Cc1cc(-c2cnn(C3CCN(C(=O)OC(C)(C)C)CC3)c2)c(F)cc1N. The number of benzene rings is 1. The molecule has 1 fully saturated rings. The largest absolute Gasteiger partial charge is 0.444 e. The molecule has 1 aromatic heterocycles. The highest BCUT2D eigenvalue weighted by Gasteiger charge is 2.28. The number of ether oxygens (including phenoxy) is 1. The van der Waals surface area contributed by atoms with Crippen LogP contribution in [0.5, 0.6) is 0 Å². The summed E-state index contributed by atoms with van der Waals surface area (Å²) >= 11 is 0. The molecule has 6 nitrogen and oxygen atoms in total. The van der Waals surface area contributed by atoms with Crippen molar-refractivity contribution in [2.24, 2.45) is 0 Å². The van der Waals surface area contributed by atoms with Crippen LogP contribution in [0.4, 0.5) is 14.9 Å². The summed E-state index contributed by atoms with van der Waals surface area (Å²) in [7, 11) is 0. The molecule has 1 aromatic carbocycles. The van der Waals surface area contributed by atoms with Gasteiger partial charge in [0, 0.05) is 36.1 Å². The molecule has 1 saturated heterocycles. The van der Waals surface area contributed by atoms with E-state index in [1.54, 1.807) is 17.2 Å². The van der Waals surface area contributed by atoms with E-state index < -0.39 is 5.60 Å². The highest BCUT2D eigenvalue weighted by molar-refractivity contribution is 5.68. The van der Waals surface area contributed by atoms with Crippen molar-refractivity contribution in [3.05, 3.63) is 35.9 Å². The lowest BCUT2D eigenvalue weighted by Gasteiger charge is -2.33. The first kappa shape index (κ1) is 19.2. The number of piperidine rings is 1. The van der Waals surface area contributed by atoms with Gasteiger partial charge in [0.2, 0.25) is 0 Å². The Morgan fingerprint density at radius 3 is 2.59 bits per heavy atom. The van der Waals surface area contributed by atoms with Gasteiger partial charge in [0.05, 0.1) is 12.2 Å². The van der Waals surface area contributed by atoms with Gasteiger partial charge in [-0.1, -0.05) is 0 Å². The number of carbonyl (C=O) groups is 1. The van der Waals surface area contributed by atoms with Gasteiger partial charge in [-0.25, -0.2) is 9.18 Å². The first-order valence-electron chi connectivity index (χ1n) is 9.22. The molecule has 0 atom stereocenters. The number of carbonyl (C=O) groups excluding carboxylic acids is 1. The summed E-state index contributed by atoms with van der Waals surface area (Å²) in [5.41, 5.74) is 7.77. The fraction of sp³-hybridized carbons (Fsp3) is 0.500. The Labute approximate surface area is 159 Å². The molecule has 0 saturated carbocycles. The van der Waals surface area contributed by atoms with Gasteiger partial charge in [0.15, 0.2) is 0 Å². The number of hydrogen-bond acceptors (Lipinski definition) is 4. The Bertz CT molecular complexity index is 833. The first-order valence-corrected chi connectivity index (χ1v) is 9.22. The lowest BCUT2D eigenvalue weighted by atomic mass is 10.0. The number of aromatic nitrogens is 2. The number of likely N-dealkylation sites (tertiary alicyclic amines) is 1. The van der Waals surface area contributed by atoms with Crippen LogP contribution in [0, 0.1) is 12.7 Å². The van der Waals surface area contributed by atoms with Gasteiger partial charge < -0.3 is 15.4 Å². The summed E-state index contributed by atoms with van der Waals surface area (Å²) in [6.07, 6.45) is 4.82. The number of halogens is 1. The molecule has 2 aromatic rings. The number of anilines is 1. The van der Waals surface area contributed by atoms with Crippen LogP contribution in [-0.2, 0) is 4.74 Å². The molecule has 1 aliphatic rings. The first-order chi connectivity index (χ1) is 12.6. The second-order valence-corrected chi connectivity index (χ2v) is 8.10. The van der Waals surface area contributed by atoms with E-state index >= 15 is 0 Å². The molecule has 0 unspecified atom stereocenters. The average Bonchev–Trinajstić information content (AvgIpc) is 3.06. The number of hydrogen-bond donors (Lipinski definition) is 1. The molecule has 0 radical (unpaired) electrons. The van der Waals surface area contributed by atoms with Gasteiger partial charge in [0.25, 0.3) is 0 Å². The third-order valence-corrected chi connectivity index (χ3v) is 4.76. The van der Waals surface area contributed by atoms with E-state index in [2.05, 4.69) is 5.10 Å². The Morgan fingerprint density at radius 1 is 1.30 bits per heavy atom. The van der Waals surface area contributed by atoms with E-state index in [9.17, 15) is 9.18 Å². The number of amides is 1. The fourth-order valence-corrected chi connectivity index (χ4v) is 3.23. The normalized spacial score (nSPS) is 15.8. The molecule has 0 spiro atoms. The summed E-state index contributed by atoms with van der Waals surface area (Å²) in [4.78, 5) is 13.9. The van der Waals surface area contributed by atoms with Gasteiger partial charge in [-0.3, -0.25) is 4.68 Å². The summed E-state index contributed by atoms with van der Waals surface area (Å²) in [5, 5.41) is 4.42. The summed E-state index contributed by atoms with van der Waals surface area (Å²) < 4.78 is 21.6. The van der Waals surface area contributed by atoms with E-state index in [0.717, 1.165) is 24.0 Å². The standard InChI is InChI=1S/C20H27FN4O2/c1-13-9-16(17(21)10-18(13)22)14-11-23-25(12-14)15-5-7-24(8-6-15)19(26)27-20(2,3)4/h9-12,15H,5-8,22H2,1-4H3. The zero-order valence-corrected chi connectivity index (χ0v) is 16.3. The third kappa shape index (κ3) is 4.40. The minimum absolute atomic E-state index is 0.176. The van der Waals surface area contributed by atoms with Crippen molar-refractivity contribution >= 4 is 11.8 Å². The van der Waals surface area contributed by atoms with E-state index in [0.29, 0.717) is 24.3 Å². The van der Waals surface area contributed by atoms with Gasteiger partial charge in [-0.05, 0) is 58.2 Å². The predicted octanol–water partition coefficient (Wildman–Crippen LogP) is 4.15. The van der Waals surface area contributed by atoms with Crippen LogP contribution in [0.15, 0.2) is 24.5 Å². The number of nitrogens with zero attached hydrogens (tertiary/aromatic N) is 3. The maximum absolute atomic E-state index is 14.3. The van der Waals surface area contributed by atoms with Gasteiger partial charge >= 0.3 is 6.09 Å². The molecule has 146 valence electrons. The number of nitrogens with two attached hydrogens (primary N) is 1. The molecule has 2 heterocycles. The van der Waals surface area contributed by atoms with Crippen molar-refractivity contribution in [2.75, 3.05) is 18.8 Å². The molecule has 3 rings (SSSR count). The lowest BCUT2D eigenvalue weighted by molar-refractivity contribution is 0.0185. The van der Waals surface area contributed by atoms with Crippen LogP contribution in [0.3, 0.4) is 0 Å². The van der Waals surface area contributed by atoms with Crippen molar-refractivity contribution < 1.29 is 13.9 Å². The van der Waals surface area contributed by atoms with Crippen LogP contribution in [0.2, 0.25) is 0 Å². The number of nitrogen functional groups attached to an aromatic ring is 1. The monoisotopic (exact) mass is 374 g/mol. The predicted molar refractivity (Wildman–Crippen MR) is 103 cm³/mol. The minimum atomic E-state index is -0.494. The number of aryl methyl sites for hydroxylation is 1. The van der Waals surface area contributed by atoms with Crippen molar-refractivity contribution in [3.63, 3.8) is 0 Å². The zero-order valence-electron chi connectivity index (χ0n) is 16.3. The van der Waals surface area contributed by atoms with E-state index in [1.165, 1.54) is 6.07 Å². The molecule has 0 aliphatic carbocycles. The van der Waals surface area contributed by atoms with Crippen LogP contribution in [-0.4, -0.2) is 39.5 Å². The molecule has 27 heavy (non-hydrogen) atoms. The summed E-state index contributed by atoms with van der Waals surface area (Å²) in [6, 6.07) is 3.27. The second-order valence-electron chi connectivity index (χ2n) is 8.10. The quantitative estimate of drug-likeness (QED) is 0.802. The van der Waals surface area contributed by atoms with E-state index in [4.69, 9.17) is 10.5 Å². The molecule has 0 bridgehead atoms. The van der Waals surface area contributed by atoms with Crippen molar-refractivity contribution in [1.82, 2.24) is 14.7 Å². The minimum Gasteiger partial charge on any atom is -0.444 e. The van der Waals surface area contributed by atoms with Crippen LogP contribution in [0.1, 0.15) is 45.2 Å².